The van der Waals surface area contributed by atoms with Gasteiger partial charge in [0.15, 0.2) is 0 Å². The van der Waals surface area contributed by atoms with Crippen molar-refractivity contribution in [3.63, 3.8) is 0 Å². The summed E-state index contributed by atoms with van der Waals surface area (Å²) in [5.41, 5.74) is 0. The highest BCUT2D eigenvalue weighted by molar-refractivity contribution is 6.59. The molecule has 4 heteroatoms. The highest BCUT2D eigenvalue weighted by Gasteiger charge is 2.33. The van der Waals surface area contributed by atoms with Crippen LogP contribution in [0, 0.1) is 5.92 Å². The Morgan fingerprint density at radius 2 is 1.53 bits per heavy atom. The number of hydrogen-bond donors (Lipinski definition) is 0. The maximum atomic E-state index is 5.76. The average Bonchev–Trinajstić information content (AvgIpc) is 2.13. The van der Waals surface area contributed by atoms with E-state index in [0.29, 0.717) is 13.2 Å². The molecule has 0 aromatic rings. The highest BCUT2D eigenvalue weighted by atomic mass is 28.4. The molecule has 0 fully saturated rings. The molecule has 0 spiro atoms. The van der Waals surface area contributed by atoms with E-state index in [9.17, 15) is 0 Å². The van der Waals surface area contributed by atoms with Crippen LogP contribution in [0.3, 0.4) is 0 Å². The van der Waals surface area contributed by atoms with Crippen LogP contribution in [-0.2, 0) is 13.3 Å². The molecule has 15 heavy (non-hydrogen) atoms. The van der Waals surface area contributed by atoms with E-state index in [-0.39, 0.29) is 0 Å². The lowest BCUT2D eigenvalue weighted by Gasteiger charge is -2.25. The first-order chi connectivity index (χ1) is 7.04. The van der Waals surface area contributed by atoms with Gasteiger partial charge in [-0.25, -0.2) is 0 Å². The smallest absolute Gasteiger partial charge is 0.374 e. The summed E-state index contributed by atoms with van der Waals surface area (Å²) in [6.07, 6.45) is 2.28. The van der Waals surface area contributed by atoms with E-state index in [4.69, 9.17) is 13.3 Å². The summed E-state index contributed by atoms with van der Waals surface area (Å²) in [7, 11) is -2.32. The lowest BCUT2D eigenvalue weighted by atomic mass is 10.1. The van der Waals surface area contributed by atoms with Gasteiger partial charge in [0.25, 0.3) is 0 Å². The Bertz CT molecular complexity index is 145. The molecule has 0 heterocycles. The number of hydrogen-bond acceptors (Lipinski definition) is 3. The van der Waals surface area contributed by atoms with Crippen molar-refractivity contribution in [3.05, 3.63) is 0 Å². The molecule has 0 rings (SSSR count). The zero-order valence-corrected chi connectivity index (χ0v) is 11.8. The van der Waals surface area contributed by atoms with E-state index in [2.05, 4.69) is 13.8 Å². The van der Waals surface area contributed by atoms with Gasteiger partial charge in [-0.3, -0.25) is 0 Å². The molecule has 0 bridgehead atoms. The third-order valence-corrected chi connectivity index (χ3v) is 4.46. The van der Waals surface area contributed by atoms with Crippen molar-refractivity contribution < 1.29 is 13.3 Å². The molecule has 0 saturated heterocycles. The minimum Gasteiger partial charge on any atom is -0.374 e. The lowest BCUT2D eigenvalue weighted by Crippen LogP contribution is -2.42. The normalized spacial score (nSPS) is 12.4. The summed E-state index contributed by atoms with van der Waals surface area (Å²) >= 11 is 0. The lowest BCUT2D eigenvalue weighted by molar-refractivity contribution is 0.0718. The molecule has 0 aromatic carbocycles. The second-order valence-electron chi connectivity index (χ2n) is 4.11. The van der Waals surface area contributed by atoms with Gasteiger partial charge in [-0.2, -0.15) is 0 Å². The summed E-state index contributed by atoms with van der Waals surface area (Å²) in [5.74, 6) is 0.737. The summed E-state index contributed by atoms with van der Waals surface area (Å²) in [5, 5.41) is 0. The van der Waals surface area contributed by atoms with Crippen molar-refractivity contribution in [2.24, 2.45) is 5.92 Å². The van der Waals surface area contributed by atoms with E-state index in [1.165, 1.54) is 6.42 Å². The Balaban J connectivity index is 3.75. The van der Waals surface area contributed by atoms with Gasteiger partial charge in [-0.05, 0) is 32.6 Å². The summed E-state index contributed by atoms with van der Waals surface area (Å²) in [4.78, 5) is 0. The molecule has 0 amide bonds. The monoisotopic (exact) mass is 234 g/mol. The fourth-order valence-corrected chi connectivity index (χ4v) is 3.21. The van der Waals surface area contributed by atoms with Crippen LogP contribution in [-0.4, -0.2) is 28.6 Å². The van der Waals surface area contributed by atoms with Crippen LogP contribution in [0.25, 0.3) is 0 Å². The fraction of sp³-hybridized carbons (Fsp3) is 1.00. The molecule has 0 unspecified atom stereocenters. The zero-order chi connectivity index (χ0) is 11.7. The van der Waals surface area contributed by atoms with Crippen LogP contribution in [0.1, 0.15) is 40.5 Å². The predicted octanol–water partition coefficient (Wildman–Crippen LogP) is 3.08. The Morgan fingerprint density at radius 3 is 1.93 bits per heavy atom. The van der Waals surface area contributed by atoms with Gasteiger partial charge in [-0.1, -0.05) is 13.8 Å². The van der Waals surface area contributed by atoms with Gasteiger partial charge in [0.05, 0.1) is 0 Å². The molecule has 0 radical (unpaired) electrons. The maximum Gasteiger partial charge on any atom is 0.497 e. The second-order valence-corrected chi connectivity index (χ2v) is 6.70. The van der Waals surface area contributed by atoms with Crippen LogP contribution in [0.4, 0.5) is 0 Å². The standard InChI is InChI=1S/C11H26O3Si/c1-6-12-15(5,13-7-2)14-10-8-9-11(3)4/h11H,6-10H2,1-5H3. The van der Waals surface area contributed by atoms with E-state index >= 15 is 0 Å². The van der Waals surface area contributed by atoms with Gasteiger partial charge < -0.3 is 13.3 Å². The van der Waals surface area contributed by atoms with Crippen molar-refractivity contribution in [2.75, 3.05) is 19.8 Å². The van der Waals surface area contributed by atoms with Crippen molar-refractivity contribution in [3.8, 4) is 0 Å². The Labute approximate surface area is 95.5 Å². The minimum atomic E-state index is -2.32. The van der Waals surface area contributed by atoms with Crippen LogP contribution in [0.5, 0.6) is 0 Å². The van der Waals surface area contributed by atoms with E-state index < -0.39 is 8.80 Å². The highest BCUT2D eigenvalue weighted by Crippen LogP contribution is 2.11. The van der Waals surface area contributed by atoms with Gasteiger partial charge in [0.1, 0.15) is 0 Å². The number of rotatable bonds is 9. The molecule has 0 N–H and O–H groups in total. The molecule has 3 nitrogen and oxygen atoms in total. The van der Waals surface area contributed by atoms with Gasteiger partial charge in [-0.15, -0.1) is 0 Å². The van der Waals surface area contributed by atoms with Crippen LogP contribution in [0.15, 0.2) is 0 Å². The average molecular weight is 234 g/mol. The molecule has 0 aliphatic carbocycles. The third kappa shape index (κ3) is 7.96. The second kappa shape index (κ2) is 8.27. The summed E-state index contributed by atoms with van der Waals surface area (Å²) < 4.78 is 16.9. The first kappa shape index (κ1) is 15.1. The van der Waals surface area contributed by atoms with Gasteiger partial charge in [0.2, 0.25) is 0 Å². The first-order valence-electron chi connectivity index (χ1n) is 5.96. The van der Waals surface area contributed by atoms with Gasteiger partial charge in [0, 0.05) is 26.4 Å². The maximum absolute atomic E-state index is 5.76. The molecule has 0 atom stereocenters. The van der Waals surface area contributed by atoms with Crippen LogP contribution in [0.2, 0.25) is 6.55 Å². The summed E-state index contributed by atoms with van der Waals surface area (Å²) in [6, 6.07) is 0. The third-order valence-electron chi connectivity index (χ3n) is 2.10. The molecule has 92 valence electrons. The van der Waals surface area contributed by atoms with E-state index in [0.717, 1.165) is 18.9 Å². The van der Waals surface area contributed by atoms with Crippen LogP contribution >= 0.6 is 0 Å². The molecular weight excluding hydrogens is 208 g/mol. The Kier molecular flexibility index (Phi) is 8.33. The Morgan fingerprint density at radius 1 is 1.00 bits per heavy atom. The minimum absolute atomic E-state index is 0.660. The van der Waals surface area contributed by atoms with Crippen molar-refractivity contribution in [1.29, 1.82) is 0 Å². The predicted molar refractivity (Wildman–Crippen MR) is 64.9 cm³/mol. The largest absolute Gasteiger partial charge is 0.497 e. The molecule has 0 aromatic heterocycles. The quantitative estimate of drug-likeness (QED) is 0.453. The van der Waals surface area contributed by atoms with Crippen molar-refractivity contribution in [2.45, 2.75) is 47.1 Å². The fourth-order valence-electron chi connectivity index (χ4n) is 1.40. The van der Waals surface area contributed by atoms with Gasteiger partial charge >= 0.3 is 8.80 Å². The molecule has 0 aliphatic heterocycles. The first-order valence-corrected chi connectivity index (χ1v) is 8.18. The van der Waals surface area contributed by atoms with Crippen molar-refractivity contribution in [1.82, 2.24) is 0 Å². The van der Waals surface area contributed by atoms with E-state index in [1.807, 2.05) is 20.4 Å². The van der Waals surface area contributed by atoms with Crippen LogP contribution < -0.4 is 0 Å². The molecular formula is C11H26O3Si. The SMILES string of the molecule is CCO[Si](C)(OCC)OCCCC(C)C. The molecule has 0 aliphatic rings. The zero-order valence-electron chi connectivity index (χ0n) is 10.8. The summed E-state index contributed by atoms with van der Waals surface area (Å²) in [6.45, 7) is 12.4. The van der Waals surface area contributed by atoms with E-state index in [1.54, 1.807) is 0 Å². The van der Waals surface area contributed by atoms with Crippen molar-refractivity contribution >= 4 is 8.80 Å². The topological polar surface area (TPSA) is 27.7 Å². The molecule has 0 saturated carbocycles. The Hall–Kier alpha value is 0.0969.